The third-order valence-electron chi connectivity index (χ3n) is 6.39. The number of aryl methyl sites for hydroxylation is 2. The van der Waals surface area contributed by atoms with Crippen LogP contribution in [0.5, 0.6) is 0 Å². The zero-order valence-corrected chi connectivity index (χ0v) is 22.2. The first kappa shape index (κ1) is 23.1. The Labute approximate surface area is 218 Å². The van der Waals surface area contributed by atoms with Crippen molar-refractivity contribution in [1.82, 2.24) is 14.9 Å². The van der Waals surface area contributed by atoms with Crippen molar-refractivity contribution in [3.8, 4) is 5.69 Å². The Hall–Kier alpha value is -2.67. The molecule has 0 saturated carbocycles. The van der Waals surface area contributed by atoms with Crippen LogP contribution in [0.4, 0.5) is 5.69 Å². The zero-order chi connectivity index (χ0) is 24.0. The van der Waals surface area contributed by atoms with Gasteiger partial charge in [-0.05, 0) is 105 Å². The van der Waals surface area contributed by atoms with Crippen LogP contribution in [0.2, 0.25) is 5.02 Å². The van der Waals surface area contributed by atoms with E-state index in [1.165, 1.54) is 5.56 Å². The first-order valence-corrected chi connectivity index (χ1v) is 12.6. The molecule has 2 aromatic heterocycles. The molecule has 4 nitrogen and oxygen atoms in total. The van der Waals surface area contributed by atoms with Gasteiger partial charge in [-0.3, -0.25) is 4.98 Å². The zero-order valence-electron chi connectivity index (χ0n) is 19.1. The number of halogens is 2. The molecule has 172 valence electrons. The third-order valence-corrected chi connectivity index (χ3v) is 7.85. The van der Waals surface area contributed by atoms with Gasteiger partial charge in [0.05, 0.1) is 17.8 Å². The fraction of sp³-hybridized carbons (Fsp3) is 0.185. The summed E-state index contributed by atoms with van der Waals surface area (Å²) in [6.07, 6.45) is 1.83. The van der Waals surface area contributed by atoms with Gasteiger partial charge in [0.25, 0.3) is 0 Å². The average Bonchev–Trinajstić information content (AvgIpc) is 3.32. The maximum Gasteiger partial charge on any atom is 0.174 e. The maximum absolute atomic E-state index is 6.15. The molecule has 0 spiro atoms. The molecule has 0 amide bonds. The minimum Gasteiger partial charge on any atom is -0.351 e. The molecule has 1 fully saturated rings. The van der Waals surface area contributed by atoms with E-state index in [0.29, 0.717) is 5.11 Å². The van der Waals surface area contributed by atoms with Crippen LogP contribution in [0, 0.1) is 20.8 Å². The van der Waals surface area contributed by atoms with Crippen molar-refractivity contribution in [3.63, 3.8) is 0 Å². The lowest BCUT2D eigenvalue weighted by Crippen LogP contribution is -2.29. The molecule has 34 heavy (non-hydrogen) atoms. The van der Waals surface area contributed by atoms with Crippen molar-refractivity contribution in [3.05, 3.63) is 111 Å². The molecule has 1 aliphatic rings. The first-order valence-electron chi connectivity index (χ1n) is 11.1. The lowest BCUT2D eigenvalue weighted by molar-refractivity contribution is 0.565. The van der Waals surface area contributed by atoms with E-state index in [2.05, 4.69) is 98.9 Å². The average molecular weight is 552 g/mol. The smallest absolute Gasteiger partial charge is 0.174 e. The Morgan fingerprint density at radius 2 is 1.71 bits per heavy atom. The predicted molar refractivity (Wildman–Crippen MR) is 147 cm³/mol. The van der Waals surface area contributed by atoms with Crippen LogP contribution in [0.15, 0.2) is 77.4 Å². The molecule has 1 aliphatic heterocycles. The molecule has 1 saturated heterocycles. The number of rotatable bonds is 4. The van der Waals surface area contributed by atoms with E-state index < -0.39 is 0 Å². The second-order valence-electron chi connectivity index (χ2n) is 8.57. The molecule has 2 atom stereocenters. The molecular weight excluding hydrogens is 528 g/mol. The van der Waals surface area contributed by atoms with Gasteiger partial charge in [0.2, 0.25) is 0 Å². The van der Waals surface area contributed by atoms with Crippen LogP contribution in [-0.2, 0) is 0 Å². The number of thiocarbonyl (C=S) groups is 1. The number of pyridine rings is 1. The van der Waals surface area contributed by atoms with Crippen molar-refractivity contribution in [2.24, 2.45) is 0 Å². The lowest BCUT2D eigenvalue weighted by Gasteiger charge is -2.28. The van der Waals surface area contributed by atoms with E-state index in [4.69, 9.17) is 23.8 Å². The highest BCUT2D eigenvalue weighted by molar-refractivity contribution is 9.10. The van der Waals surface area contributed by atoms with E-state index in [9.17, 15) is 0 Å². The quantitative estimate of drug-likeness (QED) is 0.268. The Bertz CT molecular complexity index is 1370. The van der Waals surface area contributed by atoms with Gasteiger partial charge in [-0.15, -0.1) is 0 Å². The normalized spacial score (nSPS) is 17.8. The topological polar surface area (TPSA) is 33.1 Å². The van der Waals surface area contributed by atoms with Crippen LogP contribution in [0.3, 0.4) is 0 Å². The monoisotopic (exact) mass is 550 g/mol. The number of anilines is 1. The van der Waals surface area contributed by atoms with Gasteiger partial charge in [0.1, 0.15) is 0 Å². The van der Waals surface area contributed by atoms with Crippen LogP contribution in [-0.4, -0.2) is 14.7 Å². The van der Waals surface area contributed by atoms with Crippen LogP contribution >= 0.6 is 39.7 Å². The van der Waals surface area contributed by atoms with Gasteiger partial charge in [0.15, 0.2) is 5.11 Å². The summed E-state index contributed by atoms with van der Waals surface area (Å²) in [6.45, 7) is 6.40. The van der Waals surface area contributed by atoms with Crippen molar-refractivity contribution in [1.29, 1.82) is 0 Å². The van der Waals surface area contributed by atoms with Gasteiger partial charge in [-0.1, -0.05) is 33.6 Å². The van der Waals surface area contributed by atoms with E-state index in [1.807, 2.05) is 30.5 Å². The summed E-state index contributed by atoms with van der Waals surface area (Å²) in [5.41, 5.74) is 7.78. The standard InChI is InChI=1S/C27H24BrClN4S/c1-16-14-21(11-12-23(16)28)33-26(25(31-27(33)34)24-6-4-5-13-30-24)22-15-17(2)32(18(22)3)20-9-7-19(29)8-10-20/h4-15,25-26H,1-3H3,(H,31,34)/t25-,26+/m1/s1. The Morgan fingerprint density at radius 1 is 0.971 bits per heavy atom. The number of hydrogen-bond acceptors (Lipinski definition) is 2. The molecule has 7 heteroatoms. The van der Waals surface area contributed by atoms with Crippen molar-refractivity contribution < 1.29 is 0 Å². The highest BCUT2D eigenvalue weighted by Gasteiger charge is 2.42. The van der Waals surface area contributed by atoms with Gasteiger partial charge < -0.3 is 14.8 Å². The van der Waals surface area contributed by atoms with Gasteiger partial charge >= 0.3 is 0 Å². The van der Waals surface area contributed by atoms with Crippen LogP contribution in [0.25, 0.3) is 5.69 Å². The first-order chi connectivity index (χ1) is 16.3. The molecule has 2 aromatic carbocycles. The number of benzene rings is 2. The second kappa shape index (κ2) is 9.17. The summed E-state index contributed by atoms with van der Waals surface area (Å²) in [5, 5.41) is 4.98. The summed E-state index contributed by atoms with van der Waals surface area (Å²) in [7, 11) is 0. The number of hydrogen-bond donors (Lipinski definition) is 1. The number of aromatic nitrogens is 2. The molecular formula is C27H24BrClN4S. The number of nitrogens with zero attached hydrogens (tertiary/aromatic N) is 3. The largest absolute Gasteiger partial charge is 0.351 e. The highest BCUT2D eigenvalue weighted by Crippen LogP contribution is 2.44. The predicted octanol–water partition coefficient (Wildman–Crippen LogP) is 7.39. The summed E-state index contributed by atoms with van der Waals surface area (Å²) in [5.74, 6) is 0. The highest BCUT2D eigenvalue weighted by atomic mass is 79.9. The lowest BCUT2D eigenvalue weighted by atomic mass is 9.96. The third kappa shape index (κ3) is 4.04. The van der Waals surface area contributed by atoms with Crippen molar-refractivity contribution in [2.45, 2.75) is 32.9 Å². The molecule has 1 N–H and O–H groups in total. The van der Waals surface area contributed by atoms with E-state index in [0.717, 1.165) is 43.5 Å². The van der Waals surface area contributed by atoms with Gasteiger partial charge in [0, 0.05) is 38.5 Å². The van der Waals surface area contributed by atoms with Gasteiger partial charge in [-0.2, -0.15) is 0 Å². The second-order valence-corrected chi connectivity index (χ2v) is 10.2. The number of nitrogens with one attached hydrogen (secondary N) is 1. The minimum atomic E-state index is -0.0863. The van der Waals surface area contributed by atoms with E-state index in [-0.39, 0.29) is 12.1 Å². The Balaban J connectivity index is 1.68. The van der Waals surface area contributed by atoms with E-state index >= 15 is 0 Å². The summed E-state index contributed by atoms with van der Waals surface area (Å²) < 4.78 is 3.35. The summed E-state index contributed by atoms with van der Waals surface area (Å²) in [4.78, 5) is 6.90. The Morgan fingerprint density at radius 3 is 2.38 bits per heavy atom. The van der Waals surface area contributed by atoms with Crippen LogP contribution < -0.4 is 10.2 Å². The molecule has 0 bridgehead atoms. The van der Waals surface area contributed by atoms with Crippen molar-refractivity contribution in [2.75, 3.05) is 4.90 Å². The molecule has 5 rings (SSSR count). The Kier molecular flexibility index (Phi) is 6.23. The van der Waals surface area contributed by atoms with Gasteiger partial charge in [-0.25, -0.2) is 0 Å². The summed E-state index contributed by atoms with van der Waals surface area (Å²) in [6, 6.07) is 22.4. The molecule has 4 aromatic rings. The molecule has 3 heterocycles. The molecule has 0 aliphatic carbocycles. The maximum atomic E-state index is 6.15. The summed E-state index contributed by atoms with van der Waals surface area (Å²) >= 11 is 15.7. The minimum absolute atomic E-state index is 0.0600. The fourth-order valence-corrected chi connectivity index (χ4v) is 5.52. The molecule has 0 radical (unpaired) electrons. The van der Waals surface area contributed by atoms with E-state index in [1.54, 1.807) is 0 Å². The molecule has 0 unspecified atom stereocenters. The SMILES string of the molecule is Cc1cc(N2C(=S)N[C@H](c3ccccn3)[C@@H]2c2cc(C)n(-c3ccc(Cl)cc3)c2C)ccc1Br. The van der Waals surface area contributed by atoms with Crippen molar-refractivity contribution >= 4 is 50.5 Å². The van der Waals surface area contributed by atoms with Crippen LogP contribution in [0.1, 0.15) is 40.3 Å². The fourth-order valence-electron chi connectivity index (χ4n) is 4.80.